The second-order valence-electron chi connectivity index (χ2n) is 6.74. The van der Waals surface area contributed by atoms with Crippen molar-refractivity contribution in [1.82, 2.24) is 10.2 Å². The number of amides is 2. The molecule has 0 radical (unpaired) electrons. The van der Waals surface area contributed by atoms with Gasteiger partial charge < -0.3 is 15.0 Å². The molecule has 1 N–H and O–H groups in total. The molecule has 2 amide bonds. The molecular formula is C21H26N2O3S. The molecule has 0 aliphatic carbocycles. The van der Waals surface area contributed by atoms with Crippen LogP contribution in [0.1, 0.15) is 40.6 Å². The van der Waals surface area contributed by atoms with Crippen LogP contribution >= 0.6 is 11.3 Å². The molecule has 1 unspecified atom stereocenters. The molecule has 3 rings (SSSR count). The lowest BCUT2D eigenvalue weighted by atomic mass is 9.97. The van der Waals surface area contributed by atoms with E-state index in [9.17, 15) is 9.59 Å². The fourth-order valence-electron chi connectivity index (χ4n) is 3.24. The maximum atomic E-state index is 12.6. The molecule has 1 aliphatic heterocycles. The molecule has 6 heteroatoms. The number of carbonyl (C=O) groups excluding carboxylic acids is 2. The van der Waals surface area contributed by atoms with Gasteiger partial charge in [-0.25, -0.2) is 0 Å². The SMILES string of the molecule is CCOCc1ccc(CNC(=O)C2CCCN(C(=O)c3cccs3)C2)cc1. The van der Waals surface area contributed by atoms with Crippen molar-refractivity contribution in [2.24, 2.45) is 5.92 Å². The van der Waals surface area contributed by atoms with Crippen molar-refractivity contribution < 1.29 is 14.3 Å². The Kier molecular flexibility index (Phi) is 7.01. The second kappa shape index (κ2) is 9.67. The quantitative estimate of drug-likeness (QED) is 0.793. The van der Waals surface area contributed by atoms with Crippen LogP contribution in [0.5, 0.6) is 0 Å². The summed E-state index contributed by atoms with van der Waals surface area (Å²) in [6.07, 6.45) is 1.69. The van der Waals surface area contributed by atoms with Crippen molar-refractivity contribution in [2.75, 3.05) is 19.7 Å². The summed E-state index contributed by atoms with van der Waals surface area (Å²) in [7, 11) is 0. The summed E-state index contributed by atoms with van der Waals surface area (Å²) in [4.78, 5) is 27.6. The Morgan fingerprint density at radius 2 is 2.00 bits per heavy atom. The topological polar surface area (TPSA) is 58.6 Å². The van der Waals surface area contributed by atoms with Gasteiger partial charge in [-0.3, -0.25) is 9.59 Å². The zero-order chi connectivity index (χ0) is 19.1. The summed E-state index contributed by atoms with van der Waals surface area (Å²) in [5.41, 5.74) is 2.19. The molecular weight excluding hydrogens is 360 g/mol. The molecule has 2 aromatic rings. The number of likely N-dealkylation sites (tertiary alicyclic amines) is 1. The van der Waals surface area contributed by atoms with E-state index in [0.717, 1.165) is 35.4 Å². The van der Waals surface area contributed by atoms with E-state index in [1.807, 2.05) is 53.6 Å². The molecule has 0 saturated carbocycles. The molecule has 144 valence electrons. The van der Waals surface area contributed by atoms with E-state index in [-0.39, 0.29) is 17.7 Å². The van der Waals surface area contributed by atoms with Gasteiger partial charge in [0.2, 0.25) is 5.91 Å². The molecule has 27 heavy (non-hydrogen) atoms. The second-order valence-corrected chi connectivity index (χ2v) is 7.69. The predicted octanol–water partition coefficient (Wildman–Crippen LogP) is 3.45. The first-order valence-electron chi connectivity index (χ1n) is 9.43. The van der Waals surface area contributed by atoms with Gasteiger partial charge in [0.05, 0.1) is 17.4 Å². The van der Waals surface area contributed by atoms with Gasteiger partial charge in [0.1, 0.15) is 0 Å². The summed E-state index contributed by atoms with van der Waals surface area (Å²) in [6, 6.07) is 11.8. The molecule has 1 atom stereocenters. The number of hydrogen-bond donors (Lipinski definition) is 1. The summed E-state index contributed by atoms with van der Waals surface area (Å²) in [5.74, 6) is -0.0793. The van der Waals surface area contributed by atoms with Gasteiger partial charge in [-0.2, -0.15) is 0 Å². The van der Waals surface area contributed by atoms with Gasteiger partial charge in [-0.15, -0.1) is 11.3 Å². The first-order valence-corrected chi connectivity index (χ1v) is 10.3. The Bertz CT molecular complexity index is 743. The fraction of sp³-hybridized carbons (Fsp3) is 0.429. The van der Waals surface area contributed by atoms with E-state index in [2.05, 4.69) is 5.32 Å². The first kappa shape index (κ1) is 19.6. The third-order valence-corrected chi connectivity index (χ3v) is 5.63. The average molecular weight is 387 g/mol. The number of thiophene rings is 1. The number of carbonyl (C=O) groups is 2. The molecule has 0 spiro atoms. The summed E-state index contributed by atoms with van der Waals surface area (Å²) >= 11 is 1.45. The van der Waals surface area contributed by atoms with Crippen molar-refractivity contribution in [3.63, 3.8) is 0 Å². The molecule has 0 bridgehead atoms. The van der Waals surface area contributed by atoms with Crippen LogP contribution < -0.4 is 5.32 Å². The van der Waals surface area contributed by atoms with Gasteiger partial charge >= 0.3 is 0 Å². The Morgan fingerprint density at radius 1 is 1.22 bits per heavy atom. The minimum absolute atomic E-state index is 0.0251. The Hall–Kier alpha value is -2.18. The highest BCUT2D eigenvalue weighted by molar-refractivity contribution is 7.12. The Balaban J connectivity index is 1.49. The number of benzene rings is 1. The highest BCUT2D eigenvalue weighted by Crippen LogP contribution is 2.21. The lowest BCUT2D eigenvalue weighted by Crippen LogP contribution is -2.45. The minimum atomic E-state index is -0.139. The third-order valence-electron chi connectivity index (χ3n) is 4.77. The van der Waals surface area contributed by atoms with Gasteiger partial charge in [-0.05, 0) is 42.3 Å². The van der Waals surface area contributed by atoms with E-state index in [4.69, 9.17) is 4.74 Å². The van der Waals surface area contributed by atoms with Gasteiger partial charge in [0, 0.05) is 26.2 Å². The zero-order valence-electron chi connectivity index (χ0n) is 15.6. The monoisotopic (exact) mass is 386 g/mol. The van der Waals surface area contributed by atoms with Crippen LogP contribution in [0.2, 0.25) is 0 Å². The predicted molar refractivity (Wildman–Crippen MR) is 107 cm³/mol. The molecule has 1 fully saturated rings. The van der Waals surface area contributed by atoms with Gasteiger partial charge in [-0.1, -0.05) is 30.3 Å². The van der Waals surface area contributed by atoms with Crippen molar-refractivity contribution >= 4 is 23.2 Å². The van der Waals surface area contributed by atoms with Crippen LogP contribution in [0, 0.1) is 5.92 Å². The van der Waals surface area contributed by atoms with Crippen molar-refractivity contribution in [1.29, 1.82) is 0 Å². The number of rotatable bonds is 7. The number of nitrogens with one attached hydrogen (secondary N) is 1. The average Bonchev–Trinajstić information content (AvgIpc) is 3.25. The maximum absolute atomic E-state index is 12.6. The van der Waals surface area contributed by atoms with E-state index in [1.165, 1.54) is 11.3 Å². The van der Waals surface area contributed by atoms with Gasteiger partial charge in [0.15, 0.2) is 0 Å². The summed E-state index contributed by atoms with van der Waals surface area (Å²) in [5, 5.41) is 4.92. The summed E-state index contributed by atoms with van der Waals surface area (Å²) in [6.45, 7) is 5.01. The number of hydrogen-bond acceptors (Lipinski definition) is 4. The zero-order valence-corrected chi connectivity index (χ0v) is 16.5. The molecule has 1 aromatic heterocycles. The molecule has 1 saturated heterocycles. The van der Waals surface area contributed by atoms with E-state index < -0.39 is 0 Å². The van der Waals surface area contributed by atoms with Crippen LogP contribution in [-0.2, 0) is 22.7 Å². The lowest BCUT2D eigenvalue weighted by Gasteiger charge is -2.31. The summed E-state index contributed by atoms with van der Waals surface area (Å²) < 4.78 is 5.39. The number of piperidine rings is 1. The molecule has 5 nitrogen and oxygen atoms in total. The van der Waals surface area contributed by atoms with Crippen LogP contribution in [0.25, 0.3) is 0 Å². The van der Waals surface area contributed by atoms with Crippen LogP contribution in [0.15, 0.2) is 41.8 Å². The van der Waals surface area contributed by atoms with E-state index in [0.29, 0.717) is 26.3 Å². The maximum Gasteiger partial charge on any atom is 0.263 e. The molecule has 1 aromatic carbocycles. The standard InChI is InChI=1S/C21H26N2O3S/c1-2-26-15-17-9-7-16(8-10-17)13-22-20(24)18-5-3-11-23(14-18)21(25)19-6-4-12-27-19/h4,6-10,12,18H,2-3,5,11,13-15H2,1H3,(H,22,24). The van der Waals surface area contributed by atoms with E-state index in [1.54, 1.807) is 0 Å². The smallest absolute Gasteiger partial charge is 0.263 e. The molecule has 2 heterocycles. The highest BCUT2D eigenvalue weighted by Gasteiger charge is 2.29. The van der Waals surface area contributed by atoms with Crippen molar-refractivity contribution in [3.8, 4) is 0 Å². The molecule has 1 aliphatic rings. The van der Waals surface area contributed by atoms with Crippen LogP contribution in [0.4, 0.5) is 0 Å². The van der Waals surface area contributed by atoms with E-state index >= 15 is 0 Å². The Morgan fingerprint density at radius 3 is 2.70 bits per heavy atom. The normalized spacial score (nSPS) is 16.9. The van der Waals surface area contributed by atoms with Crippen molar-refractivity contribution in [2.45, 2.75) is 32.9 Å². The number of ether oxygens (including phenoxy) is 1. The van der Waals surface area contributed by atoms with Crippen LogP contribution in [-0.4, -0.2) is 36.4 Å². The first-order chi connectivity index (χ1) is 13.2. The Labute approximate surface area is 164 Å². The fourth-order valence-corrected chi connectivity index (χ4v) is 3.93. The number of nitrogens with zero attached hydrogens (tertiary/aromatic N) is 1. The van der Waals surface area contributed by atoms with Crippen molar-refractivity contribution in [3.05, 3.63) is 57.8 Å². The minimum Gasteiger partial charge on any atom is -0.377 e. The highest BCUT2D eigenvalue weighted by atomic mass is 32.1. The van der Waals surface area contributed by atoms with Gasteiger partial charge in [0.25, 0.3) is 5.91 Å². The van der Waals surface area contributed by atoms with Crippen LogP contribution in [0.3, 0.4) is 0 Å². The third kappa shape index (κ3) is 5.40. The lowest BCUT2D eigenvalue weighted by molar-refractivity contribution is -0.126. The largest absolute Gasteiger partial charge is 0.377 e.